The molecule has 0 radical (unpaired) electrons. The molecule has 3 heterocycles. The molecule has 0 amide bonds. The summed E-state index contributed by atoms with van der Waals surface area (Å²) < 4.78 is 3.24. The molecule has 0 fully saturated rings. The minimum Gasteiger partial charge on any atom is -0.315 e. The highest BCUT2D eigenvalue weighted by molar-refractivity contribution is 7.07. The largest absolute Gasteiger partial charge is 0.315 e. The molecular formula is C14H17N5OS. The summed E-state index contributed by atoms with van der Waals surface area (Å²) in [5.41, 5.74) is 1.94. The minimum absolute atomic E-state index is 0.0345. The van der Waals surface area contributed by atoms with Gasteiger partial charge in [-0.1, -0.05) is 0 Å². The molecule has 0 atom stereocenters. The number of rotatable bonds is 6. The van der Waals surface area contributed by atoms with Crippen LogP contribution in [0.15, 0.2) is 34.1 Å². The summed E-state index contributed by atoms with van der Waals surface area (Å²) >= 11 is 1.72. The van der Waals surface area contributed by atoms with E-state index in [4.69, 9.17) is 0 Å². The first-order valence-electron chi connectivity index (χ1n) is 6.84. The first kappa shape index (κ1) is 14.0. The third kappa shape index (κ3) is 3.03. The summed E-state index contributed by atoms with van der Waals surface area (Å²) in [6.45, 7) is 2.27. The van der Waals surface area contributed by atoms with Crippen molar-refractivity contribution in [2.75, 3.05) is 13.1 Å². The van der Waals surface area contributed by atoms with Gasteiger partial charge in [-0.2, -0.15) is 16.4 Å². The second-order valence-electron chi connectivity index (χ2n) is 4.88. The Bertz CT molecular complexity index is 774. The van der Waals surface area contributed by atoms with Crippen LogP contribution in [0.5, 0.6) is 0 Å². The number of nitrogens with zero attached hydrogens (tertiary/aromatic N) is 4. The van der Waals surface area contributed by atoms with Crippen LogP contribution in [-0.4, -0.2) is 32.4 Å². The summed E-state index contributed by atoms with van der Waals surface area (Å²) in [4.78, 5) is 16.5. The second kappa shape index (κ2) is 6.19. The molecule has 110 valence electrons. The normalized spacial score (nSPS) is 11.3. The molecule has 3 aromatic heterocycles. The topological polar surface area (TPSA) is 64.7 Å². The fourth-order valence-corrected chi connectivity index (χ4v) is 2.92. The monoisotopic (exact) mass is 303 g/mol. The van der Waals surface area contributed by atoms with Crippen molar-refractivity contribution in [3.8, 4) is 0 Å². The van der Waals surface area contributed by atoms with Crippen molar-refractivity contribution in [1.29, 1.82) is 0 Å². The van der Waals surface area contributed by atoms with Crippen LogP contribution in [0.4, 0.5) is 0 Å². The number of nitrogens with one attached hydrogen (secondary N) is 1. The smallest absolute Gasteiger partial charge is 0.264 e. The molecule has 3 aromatic rings. The predicted molar refractivity (Wildman–Crippen MR) is 83.7 cm³/mol. The molecule has 3 rings (SSSR count). The molecule has 0 aromatic carbocycles. The zero-order valence-electron chi connectivity index (χ0n) is 11.8. The highest BCUT2D eigenvalue weighted by Crippen LogP contribution is 2.05. The van der Waals surface area contributed by atoms with Gasteiger partial charge in [0, 0.05) is 20.1 Å². The Labute approximate surface area is 126 Å². The van der Waals surface area contributed by atoms with Crippen LogP contribution in [0.3, 0.4) is 0 Å². The molecule has 0 aliphatic heterocycles. The van der Waals surface area contributed by atoms with Crippen LogP contribution in [0, 0.1) is 0 Å². The van der Waals surface area contributed by atoms with E-state index in [1.807, 2.05) is 0 Å². The lowest BCUT2D eigenvalue weighted by Crippen LogP contribution is -2.28. The summed E-state index contributed by atoms with van der Waals surface area (Å²) in [5, 5.41) is 12.2. The quantitative estimate of drug-likeness (QED) is 0.691. The van der Waals surface area contributed by atoms with Crippen molar-refractivity contribution in [2.24, 2.45) is 7.05 Å². The van der Waals surface area contributed by atoms with Gasteiger partial charge in [-0.3, -0.25) is 14.0 Å². The molecular weight excluding hydrogens is 286 g/mol. The summed E-state index contributed by atoms with van der Waals surface area (Å²) in [6.07, 6.45) is 4.18. The molecule has 0 saturated heterocycles. The van der Waals surface area contributed by atoms with Gasteiger partial charge in [0.2, 0.25) is 0 Å². The minimum atomic E-state index is -0.0345. The molecule has 0 aliphatic rings. The van der Waals surface area contributed by atoms with E-state index >= 15 is 0 Å². The maximum absolute atomic E-state index is 12.2. The van der Waals surface area contributed by atoms with Gasteiger partial charge in [0.15, 0.2) is 5.65 Å². The first-order valence-corrected chi connectivity index (χ1v) is 7.79. The zero-order chi connectivity index (χ0) is 14.7. The van der Waals surface area contributed by atoms with Crippen molar-refractivity contribution in [2.45, 2.75) is 13.0 Å². The van der Waals surface area contributed by atoms with E-state index in [9.17, 15) is 4.79 Å². The van der Waals surface area contributed by atoms with E-state index in [-0.39, 0.29) is 5.56 Å². The lowest BCUT2D eigenvalue weighted by atomic mass is 10.2. The standard InChI is InChI=1S/C14H17N5OS/c1-18-13-12(8-17-18)14(20)19(10-16-13)6-5-15-4-2-11-3-7-21-9-11/h3,7-10,15H,2,4-6H2,1H3. The molecule has 0 spiro atoms. The van der Waals surface area contributed by atoms with Crippen molar-refractivity contribution in [3.63, 3.8) is 0 Å². The van der Waals surface area contributed by atoms with Crippen LogP contribution >= 0.6 is 11.3 Å². The molecule has 0 aliphatic carbocycles. The Hall–Kier alpha value is -1.99. The summed E-state index contributed by atoms with van der Waals surface area (Å²) in [5.74, 6) is 0. The van der Waals surface area contributed by atoms with Crippen molar-refractivity contribution in [3.05, 3.63) is 45.3 Å². The highest BCUT2D eigenvalue weighted by atomic mass is 32.1. The number of hydrogen-bond acceptors (Lipinski definition) is 5. The molecule has 0 bridgehead atoms. The number of hydrogen-bond donors (Lipinski definition) is 1. The Morgan fingerprint density at radius 2 is 2.29 bits per heavy atom. The molecule has 6 nitrogen and oxygen atoms in total. The van der Waals surface area contributed by atoms with Gasteiger partial charge in [0.25, 0.3) is 5.56 Å². The molecule has 21 heavy (non-hydrogen) atoms. The molecule has 7 heteroatoms. The summed E-state index contributed by atoms with van der Waals surface area (Å²) in [7, 11) is 1.78. The lowest BCUT2D eigenvalue weighted by Gasteiger charge is -2.06. The molecule has 0 unspecified atom stereocenters. The Morgan fingerprint density at radius 1 is 1.38 bits per heavy atom. The van der Waals surface area contributed by atoms with E-state index in [1.54, 1.807) is 40.2 Å². The van der Waals surface area contributed by atoms with E-state index < -0.39 is 0 Å². The fourth-order valence-electron chi connectivity index (χ4n) is 2.22. The maximum Gasteiger partial charge on any atom is 0.264 e. The van der Waals surface area contributed by atoms with Crippen LogP contribution in [0.25, 0.3) is 11.0 Å². The fraction of sp³-hybridized carbons (Fsp3) is 0.357. The lowest BCUT2D eigenvalue weighted by molar-refractivity contribution is 0.583. The van der Waals surface area contributed by atoms with Gasteiger partial charge in [-0.05, 0) is 35.4 Å². The predicted octanol–water partition coefficient (Wildman–Crippen LogP) is 1.02. The molecule has 1 N–H and O–H groups in total. The Morgan fingerprint density at radius 3 is 3.10 bits per heavy atom. The van der Waals surface area contributed by atoms with Crippen molar-refractivity contribution in [1.82, 2.24) is 24.6 Å². The van der Waals surface area contributed by atoms with Gasteiger partial charge < -0.3 is 5.32 Å². The Balaban J connectivity index is 1.56. The van der Waals surface area contributed by atoms with Crippen molar-refractivity contribution < 1.29 is 0 Å². The first-order chi connectivity index (χ1) is 10.3. The average molecular weight is 303 g/mol. The highest BCUT2D eigenvalue weighted by Gasteiger charge is 2.07. The van der Waals surface area contributed by atoms with E-state index in [0.29, 0.717) is 17.6 Å². The van der Waals surface area contributed by atoms with Gasteiger partial charge in [0.05, 0.1) is 6.20 Å². The number of fused-ring (bicyclic) bond motifs is 1. The van der Waals surface area contributed by atoms with E-state index in [0.717, 1.165) is 19.5 Å². The third-order valence-electron chi connectivity index (χ3n) is 3.42. The van der Waals surface area contributed by atoms with Gasteiger partial charge >= 0.3 is 0 Å². The SMILES string of the molecule is Cn1ncc2c(=O)n(CCNCCc3ccsc3)cnc21. The van der Waals surface area contributed by atoms with Crippen LogP contribution < -0.4 is 10.9 Å². The summed E-state index contributed by atoms with van der Waals surface area (Å²) in [6, 6.07) is 2.14. The second-order valence-corrected chi connectivity index (χ2v) is 5.66. The van der Waals surface area contributed by atoms with Gasteiger partial charge in [-0.25, -0.2) is 4.98 Å². The van der Waals surface area contributed by atoms with E-state index in [2.05, 4.69) is 32.2 Å². The number of aromatic nitrogens is 4. The maximum atomic E-state index is 12.2. The van der Waals surface area contributed by atoms with Crippen LogP contribution in [-0.2, 0) is 20.0 Å². The van der Waals surface area contributed by atoms with Crippen LogP contribution in [0.2, 0.25) is 0 Å². The number of thiophene rings is 1. The van der Waals surface area contributed by atoms with Gasteiger partial charge in [0.1, 0.15) is 11.7 Å². The van der Waals surface area contributed by atoms with Crippen LogP contribution in [0.1, 0.15) is 5.56 Å². The number of aryl methyl sites for hydroxylation is 1. The van der Waals surface area contributed by atoms with E-state index in [1.165, 1.54) is 5.56 Å². The third-order valence-corrected chi connectivity index (χ3v) is 4.15. The van der Waals surface area contributed by atoms with Gasteiger partial charge in [-0.15, -0.1) is 0 Å². The Kier molecular flexibility index (Phi) is 4.12. The zero-order valence-corrected chi connectivity index (χ0v) is 12.6. The molecule has 0 saturated carbocycles. The average Bonchev–Trinajstić information content (AvgIpc) is 3.11. The van der Waals surface area contributed by atoms with Crippen molar-refractivity contribution >= 4 is 22.4 Å².